The summed E-state index contributed by atoms with van der Waals surface area (Å²) in [6.07, 6.45) is 2.27. The van der Waals surface area contributed by atoms with Crippen LogP contribution in [0.2, 0.25) is 5.02 Å². The number of hydrogen-bond acceptors (Lipinski definition) is 5. The van der Waals surface area contributed by atoms with Crippen molar-refractivity contribution in [2.24, 2.45) is 5.73 Å². The Kier molecular flexibility index (Phi) is 3.40. The third-order valence-corrected chi connectivity index (χ3v) is 3.24. The third-order valence-electron chi connectivity index (χ3n) is 3.01. The summed E-state index contributed by atoms with van der Waals surface area (Å²) in [5, 5.41) is 4.54. The van der Waals surface area contributed by atoms with Gasteiger partial charge in [-0.25, -0.2) is 0 Å². The molecule has 19 heavy (non-hydrogen) atoms. The summed E-state index contributed by atoms with van der Waals surface area (Å²) in [7, 11) is 0. The minimum absolute atomic E-state index is 0.269. The first kappa shape index (κ1) is 12.4. The van der Waals surface area contributed by atoms with Crippen molar-refractivity contribution in [1.29, 1.82) is 0 Å². The molecule has 0 spiro atoms. The van der Waals surface area contributed by atoms with Crippen LogP contribution in [0.25, 0.3) is 0 Å². The molecule has 0 amide bonds. The Labute approximate surface area is 115 Å². The zero-order valence-corrected chi connectivity index (χ0v) is 11.1. The predicted octanol–water partition coefficient (Wildman–Crippen LogP) is 2.64. The topological polar surface area (TPSA) is 74.2 Å². The summed E-state index contributed by atoms with van der Waals surface area (Å²) in [5.41, 5.74) is 6.51. The largest absolute Gasteiger partial charge is 0.485 e. The van der Waals surface area contributed by atoms with Crippen LogP contribution < -0.4 is 10.5 Å². The van der Waals surface area contributed by atoms with Crippen LogP contribution in [0, 0.1) is 0 Å². The van der Waals surface area contributed by atoms with Crippen LogP contribution >= 0.6 is 11.6 Å². The van der Waals surface area contributed by atoms with Gasteiger partial charge in [0.2, 0.25) is 11.7 Å². The van der Waals surface area contributed by atoms with E-state index in [9.17, 15) is 0 Å². The van der Waals surface area contributed by atoms with Crippen molar-refractivity contribution >= 4 is 11.6 Å². The van der Waals surface area contributed by atoms with E-state index in [1.165, 1.54) is 0 Å². The Balaban J connectivity index is 1.67. The van der Waals surface area contributed by atoms with Crippen LogP contribution in [-0.4, -0.2) is 10.1 Å². The van der Waals surface area contributed by atoms with Crippen LogP contribution in [0.4, 0.5) is 0 Å². The van der Waals surface area contributed by atoms with Crippen molar-refractivity contribution in [2.45, 2.75) is 31.9 Å². The molecule has 1 heterocycles. The van der Waals surface area contributed by atoms with E-state index in [1.807, 2.05) is 0 Å². The molecule has 1 aliphatic rings. The molecule has 5 nitrogen and oxygen atoms in total. The minimum Gasteiger partial charge on any atom is -0.485 e. The monoisotopic (exact) mass is 279 g/mol. The molecule has 1 fully saturated rings. The van der Waals surface area contributed by atoms with Gasteiger partial charge in [0.1, 0.15) is 5.75 Å². The average Bonchev–Trinajstić information content (AvgIpc) is 3.17. The highest BCUT2D eigenvalue weighted by Crippen LogP contribution is 2.38. The second-order valence-electron chi connectivity index (χ2n) is 4.57. The Morgan fingerprint density at radius 1 is 1.42 bits per heavy atom. The second kappa shape index (κ2) is 5.19. The maximum Gasteiger partial charge on any atom is 0.229 e. The normalized spacial score (nSPS) is 14.6. The average molecular weight is 280 g/mol. The molecule has 1 aromatic heterocycles. The Hall–Kier alpha value is -1.59. The van der Waals surface area contributed by atoms with Crippen molar-refractivity contribution in [2.75, 3.05) is 0 Å². The molecule has 0 atom stereocenters. The summed E-state index contributed by atoms with van der Waals surface area (Å²) < 4.78 is 10.8. The second-order valence-corrected chi connectivity index (χ2v) is 5.00. The minimum atomic E-state index is 0.269. The van der Waals surface area contributed by atoms with E-state index in [0.717, 1.165) is 18.4 Å². The van der Waals surface area contributed by atoms with E-state index in [1.54, 1.807) is 18.2 Å². The zero-order chi connectivity index (χ0) is 13.2. The lowest BCUT2D eigenvalue weighted by Crippen LogP contribution is -2.03. The number of ether oxygens (including phenoxy) is 1. The molecule has 0 radical (unpaired) electrons. The van der Waals surface area contributed by atoms with Crippen molar-refractivity contribution in [1.82, 2.24) is 10.1 Å². The van der Waals surface area contributed by atoms with Gasteiger partial charge in [0.15, 0.2) is 6.61 Å². The van der Waals surface area contributed by atoms with Crippen molar-refractivity contribution in [3.8, 4) is 5.75 Å². The molecule has 6 heteroatoms. The molecule has 1 aromatic carbocycles. The number of hydrogen-bond donors (Lipinski definition) is 1. The molecule has 1 saturated carbocycles. The Morgan fingerprint density at radius 2 is 2.26 bits per heavy atom. The Morgan fingerprint density at radius 3 is 3.00 bits per heavy atom. The van der Waals surface area contributed by atoms with Gasteiger partial charge < -0.3 is 15.0 Å². The first-order chi connectivity index (χ1) is 9.26. The number of halogens is 1. The lowest BCUT2D eigenvalue weighted by molar-refractivity contribution is 0.282. The highest BCUT2D eigenvalue weighted by atomic mass is 35.5. The zero-order valence-electron chi connectivity index (χ0n) is 10.3. The first-order valence-corrected chi connectivity index (χ1v) is 6.58. The lowest BCUT2D eigenvalue weighted by Gasteiger charge is -2.08. The van der Waals surface area contributed by atoms with Gasteiger partial charge in [0, 0.05) is 23.0 Å². The van der Waals surface area contributed by atoms with Crippen LogP contribution in [0.15, 0.2) is 22.7 Å². The molecule has 0 saturated heterocycles. The summed E-state index contributed by atoms with van der Waals surface area (Å²) in [5.74, 6) is 2.43. The molecular weight excluding hydrogens is 266 g/mol. The SMILES string of the molecule is NCc1cc(Cl)ccc1OCc1noc(C2CC2)n1. The third kappa shape index (κ3) is 2.88. The molecule has 2 N–H and O–H groups in total. The van der Waals surface area contributed by atoms with Gasteiger partial charge in [0.05, 0.1) is 0 Å². The van der Waals surface area contributed by atoms with Crippen LogP contribution in [-0.2, 0) is 13.2 Å². The van der Waals surface area contributed by atoms with Gasteiger partial charge in [-0.1, -0.05) is 16.8 Å². The Bertz CT molecular complexity index is 581. The first-order valence-electron chi connectivity index (χ1n) is 6.20. The van der Waals surface area contributed by atoms with Gasteiger partial charge in [-0.15, -0.1) is 0 Å². The maximum absolute atomic E-state index is 5.91. The standard InChI is InChI=1S/C13H14ClN3O2/c14-10-3-4-11(9(5-10)6-15)18-7-12-16-13(19-17-12)8-1-2-8/h3-5,8H,1-2,6-7,15H2. The number of aromatic nitrogens is 2. The highest BCUT2D eigenvalue weighted by Gasteiger charge is 2.29. The van der Waals surface area contributed by atoms with E-state index in [4.69, 9.17) is 26.6 Å². The van der Waals surface area contributed by atoms with Gasteiger partial charge in [-0.2, -0.15) is 4.98 Å². The fourth-order valence-corrected chi connectivity index (χ4v) is 2.01. The fourth-order valence-electron chi connectivity index (χ4n) is 1.81. The quantitative estimate of drug-likeness (QED) is 0.911. The molecular formula is C13H14ClN3O2. The van der Waals surface area contributed by atoms with Crippen molar-refractivity contribution < 1.29 is 9.26 Å². The van der Waals surface area contributed by atoms with Crippen molar-refractivity contribution in [3.63, 3.8) is 0 Å². The summed E-state index contributed by atoms with van der Waals surface area (Å²) >= 11 is 5.91. The summed E-state index contributed by atoms with van der Waals surface area (Å²) in [6, 6.07) is 5.36. The van der Waals surface area contributed by atoms with Crippen molar-refractivity contribution in [3.05, 3.63) is 40.5 Å². The highest BCUT2D eigenvalue weighted by molar-refractivity contribution is 6.30. The van der Waals surface area contributed by atoms with Gasteiger partial charge in [0.25, 0.3) is 0 Å². The molecule has 100 valence electrons. The van der Waals surface area contributed by atoms with E-state index >= 15 is 0 Å². The van der Waals surface area contributed by atoms with E-state index in [0.29, 0.717) is 34.9 Å². The maximum atomic E-state index is 5.91. The molecule has 0 unspecified atom stereocenters. The fraction of sp³-hybridized carbons (Fsp3) is 0.385. The molecule has 3 rings (SSSR count). The molecule has 1 aliphatic carbocycles. The molecule has 0 bridgehead atoms. The molecule has 0 aliphatic heterocycles. The van der Waals surface area contributed by atoms with E-state index < -0.39 is 0 Å². The number of nitrogens with zero attached hydrogens (tertiary/aromatic N) is 2. The summed E-state index contributed by atoms with van der Waals surface area (Å²) in [4.78, 5) is 4.30. The van der Waals surface area contributed by atoms with Crippen LogP contribution in [0.3, 0.4) is 0 Å². The van der Waals surface area contributed by atoms with E-state index in [2.05, 4.69) is 10.1 Å². The van der Waals surface area contributed by atoms with E-state index in [-0.39, 0.29) is 6.61 Å². The predicted molar refractivity (Wildman–Crippen MR) is 69.9 cm³/mol. The number of nitrogens with two attached hydrogens (primary N) is 1. The van der Waals surface area contributed by atoms with Gasteiger partial charge >= 0.3 is 0 Å². The molecule has 2 aromatic rings. The van der Waals surface area contributed by atoms with Gasteiger partial charge in [-0.05, 0) is 31.0 Å². The van der Waals surface area contributed by atoms with Gasteiger partial charge in [-0.3, -0.25) is 0 Å². The number of rotatable bonds is 5. The number of benzene rings is 1. The van der Waals surface area contributed by atoms with Crippen LogP contribution in [0.1, 0.15) is 36.0 Å². The van der Waals surface area contributed by atoms with Crippen LogP contribution in [0.5, 0.6) is 5.75 Å². The smallest absolute Gasteiger partial charge is 0.229 e. The summed E-state index contributed by atoms with van der Waals surface area (Å²) in [6.45, 7) is 0.639. The lowest BCUT2D eigenvalue weighted by atomic mass is 10.2.